The molecule has 1 atom stereocenters. The number of hydrogen-bond acceptors (Lipinski definition) is 3. The maximum atomic E-state index is 13.7. The van der Waals surface area contributed by atoms with Gasteiger partial charge in [0.2, 0.25) is 11.8 Å². The third-order valence-electron chi connectivity index (χ3n) is 5.53. The van der Waals surface area contributed by atoms with Gasteiger partial charge >= 0.3 is 0 Å². The molecule has 3 rings (SSSR count). The minimum Gasteiger partial charge on any atom is -0.379 e. The SMILES string of the molecule is CC(C)OCCCNC(=O)C(c1ccccc1)N(Cc1ccccc1)C(=O)Cc1ccc(Cl)cc1. The van der Waals surface area contributed by atoms with E-state index in [-0.39, 0.29) is 24.3 Å². The molecular weight excluding hydrogens is 460 g/mol. The molecule has 0 radical (unpaired) electrons. The van der Waals surface area contributed by atoms with Crippen molar-refractivity contribution in [2.24, 2.45) is 0 Å². The Balaban J connectivity index is 1.86. The lowest BCUT2D eigenvalue weighted by Crippen LogP contribution is -2.44. The molecule has 0 bridgehead atoms. The normalized spacial score (nSPS) is 11.8. The molecule has 1 unspecified atom stereocenters. The summed E-state index contributed by atoms with van der Waals surface area (Å²) in [5, 5.41) is 3.63. The predicted molar refractivity (Wildman–Crippen MR) is 140 cm³/mol. The van der Waals surface area contributed by atoms with Crippen molar-refractivity contribution in [3.05, 3.63) is 107 Å². The predicted octanol–water partition coefficient (Wildman–Crippen LogP) is 5.58. The molecule has 184 valence electrons. The van der Waals surface area contributed by atoms with Crippen molar-refractivity contribution in [2.45, 2.75) is 45.4 Å². The molecule has 3 aromatic carbocycles. The molecule has 35 heavy (non-hydrogen) atoms. The summed E-state index contributed by atoms with van der Waals surface area (Å²) in [7, 11) is 0. The van der Waals surface area contributed by atoms with Crippen LogP contribution in [0, 0.1) is 0 Å². The fraction of sp³-hybridized carbons (Fsp3) is 0.310. The number of rotatable bonds is 12. The summed E-state index contributed by atoms with van der Waals surface area (Å²) in [6, 6.07) is 25.6. The fourth-order valence-electron chi connectivity index (χ4n) is 3.79. The number of carbonyl (C=O) groups excluding carboxylic acids is 2. The van der Waals surface area contributed by atoms with Gasteiger partial charge in [0.05, 0.1) is 12.5 Å². The Morgan fingerprint density at radius 3 is 2.14 bits per heavy atom. The van der Waals surface area contributed by atoms with Crippen molar-refractivity contribution in [1.29, 1.82) is 0 Å². The van der Waals surface area contributed by atoms with Gasteiger partial charge in [0.25, 0.3) is 0 Å². The van der Waals surface area contributed by atoms with Crippen LogP contribution in [0.5, 0.6) is 0 Å². The molecule has 0 saturated heterocycles. The number of halogens is 1. The van der Waals surface area contributed by atoms with E-state index in [2.05, 4.69) is 5.32 Å². The van der Waals surface area contributed by atoms with Crippen LogP contribution in [0.25, 0.3) is 0 Å². The van der Waals surface area contributed by atoms with E-state index in [1.165, 1.54) is 0 Å². The van der Waals surface area contributed by atoms with Crippen LogP contribution in [-0.2, 0) is 27.3 Å². The van der Waals surface area contributed by atoms with E-state index in [0.29, 0.717) is 31.1 Å². The van der Waals surface area contributed by atoms with E-state index in [1.807, 2.05) is 86.6 Å². The topological polar surface area (TPSA) is 58.6 Å². The molecule has 5 nitrogen and oxygen atoms in total. The Kier molecular flexibility index (Phi) is 10.3. The van der Waals surface area contributed by atoms with E-state index in [9.17, 15) is 9.59 Å². The Morgan fingerprint density at radius 1 is 0.886 bits per heavy atom. The first kappa shape index (κ1) is 26.5. The molecule has 2 amide bonds. The van der Waals surface area contributed by atoms with Gasteiger partial charge in [-0.25, -0.2) is 0 Å². The van der Waals surface area contributed by atoms with Crippen molar-refractivity contribution >= 4 is 23.4 Å². The molecule has 0 fully saturated rings. The first-order valence-corrected chi connectivity index (χ1v) is 12.3. The van der Waals surface area contributed by atoms with Crippen LogP contribution < -0.4 is 5.32 Å². The van der Waals surface area contributed by atoms with Crippen LogP contribution in [0.4, 0.5) is 0 Å². The highest BCUT2D eigenvalue weighted by Crippen LogP contribution is 2.25. The molecule has 0 spiro atoms. The fourth-order valence-corrected chi connectivity index (χ4v) is 3.92. The largest absolute Gasteiger partial charge is 0.379 e. The second kappa shape index (κ2) is 13.7. The summed E-state index contributed by atoms with van der Waals surface area (Å²) >= 11 is 6.02. The van der Waals surface area contributed by atoms with Gasteiger partial charge in [-0.3, -0.25) is 9.59 Å². The van der Waals surface area contributed by atoms with E-state index in [4.69, 9.17) is 16.3 Å². The van der Waals surface area contributed by atoms with Gasteiger partial charge in [0.15, 0.2) is 0 Å². The molecule has 0 aliphatic carbocycles. The number of nitrogens with zero attached hydrogens (tertiary/aromatic N) is 1. The van der Waals surface area contributed by atoms with Crippen molar-refractivity contribution in [3.63, 3.8) is 0 Å². The number of nitrogens with one attached hydrogen (secondary N) is 1. The zero-order chi connectivity index (χ0) is 25.0. The average molecular weight is 493 g/mol. The monoisotopic (exact) mass is 492 g/mol. The lowest BCUT2D eigenvalue weighted by molar-refractivity contribution is -0.141. The second-order valence-corrected chi connectivity index (χ2v) is 9.12. The van der Waals surface area contributed by atoms with E-state index in [1.54, 1.807) is 17.0 Å². The molecule has 6 heteroatoms. The van der Waals surface area contributed by atoms with Crippen LogP contribution in [0.15, 0.2) is 84.9 Å². The maximum absolute atomic E-state index is 13.7. The van der Waals surface area contributed by atoms with Gasteiger partial charge < -0.3 is 15.0 Å². The molecule has 0 aliphatic heterocycles. The first-order valence-electron chi connectivity index (χ1n) is 12.0. The van der Waals surface area contributed by atoms with Gasteiger partial charge in [0.1, 0.15) is 6.04 Å². The quantitative estimate of drug-likeness (QED) is 0.335. The lowest BCUT2D eigenvalue weighted by Gasteiger charge is -2.32. The molecule has 0 saturated carbocycles. The zero-order valence-electron chi connectivity index (χ0n) is 20.3. The average Bonchev–Trinajstić information content (AvgIpc) is 2.86. The van der Waals surface area contributed by atoms with E-state index < -0.39 is 6.04 Å². The lowest BCUT2D eigenvalue weighted by atomic mass is 10.0. The molecule has 0 aliphatic rings. The van der Waals surface area contributed by atoms with Crippen molar-refractivity contribution < 1.29 is 14.3 Å². The summed E-state index contributed by atoms with van der Waals surface area (Å²) in [6.07, 6.45) is 1.01. The van der Waals surface area contributed by atoms with Gasteiger partial charge in [-0.15, -0.1) is 0 Å². The minimum atomic E-state index is -0.762. The summed E-state index contributed by atoms with van der Waals surface area (Å²) < 4.78 is 5.58. The highest BCUT2D eigenvalue weighted by atomic mass is 35.5. The maximum Gasteiger partial charge on any atom is 0.247 e. The summed E-state index contributed by atoms with van der Waals surface area (Å²) in [5.41, 5.74) is 2.57. The Bertz CT molecular complexity index is 1060. The van der Waals surface area contributed by atoms with Crippen molar-refractivity contribution in [1.82, 2.24) is 10.2 Å². The Labute approximate surface area is 213 Å². The van der Waals surface area contributed by atoms with Gasteiger partial charge in [-0.05, 0) is 49.1 Å². The molecule has 0 aromatic heterocycles. The summed E-state index contributed by atoms with van der Waals surface area (Å²) in [4.78, 5) is 28.8. The van der Waals surface area contributed by atoms with Crippen LogP contribution in [0.3, 0.4) is 0 Å². The van der Waals surface area contributed by atoms with Crippen LogP contribution in [0.2, 0.25) is 5.02 Å². The van der Waals surface area contributed by atoms with Crippen LogP contribution in [0.1, 0.15) is 43.0 Å². The summed E-state index contributed by atoms with van der Waals surface area (Å²) in [5.74, 6) is -0.343. The highest BCUT2D eigenvalue weighted by molar-refractivity contribution is 6.30. The van der Waals surface area contributed by atoms with Crippen LogP contribution in [-0.4, -0.2) is 36.0 Å². The molecular formula is C29H33ClN2O3. The molecule has 0 heterocycles. The summed E-state index contributed by atoms with van der Waals surface area (Å²) in [6.45, 7) is 5.32. The second-order valence-electron chi connectivity index (χ2n) is 8.69. The Morgan fingerprint density at radius 2 is 1.51 bits per heavy atom. The van der Waals surface area contributed by atoms with Gasteiger partial charge in [0, 0.05) is 24.7 Å². The number of amides is 2. The Hall–Kier alpha value is -3.15. The van der Waals surface area contributed by atoms with Gasteiger partial charge in [-0.2, -0.15) is 0 Å². The number of benzene rings is 3. The third kappa shape index (κ3) is 8.53. The van der Waals surface area contributed by atoms with Crippen molar-refractivity contribution in [2.75, 3.05) is 13.2 Å². The highest BCUT2D eigenvalue weighted by Gasteiger charge is 2.31. The van der Waals surface area contributed by atoms with E-state index >= 15 is 0 Å². The third-order valence-corrected chi connectivity index (χ3v) is 5.78. The standard InChI is InChI=1S/C29H33ClN2O3/c1-22(2)35-19-9-18-31-29(34)28(25-12-7-4-8-13-25)32(21-24-10-5-3-6-11-24)27(33)20-23-14-16-26(30)17-15-23/h3-8,10-17,22,28H,9,18-21H2,1-2H3,(H,31,34). The van der Waals surface area contributed by atoms with Gasteiger partial charge in [-0.1, -0.05) is 84.4 Å². The van der Waals surface area contributed by atoms with Crippen molar-refractivity contribution in [3.8, 4) is 0 Å². The van der Waals surface area contributed by atoms with E-state index in [0.717, 1.165) is 16.7 Å². The van der Waals surface area contributed by atoms with Crippen LogP contribution >= 0.6 is 11.6 Å². The minimum absolute atomic E-state index is 0.136. The zero-order valence-corrected chi connectivity index (χ0v) is 21.1. The first-order chi connectivity index (χ1) is 16.9. The number of ether oxygens (including phenoxy) is 1. The smallest absolute Gasteiger partial charge is 0.247 e. The number of hydrogen-bond donors (Lipinski definition) is 1. The molecule has 1 N–H and O–H groups in total. The number of carbonyl (C=O) groups is 2. The molecule has 3 aromatic rings.